The first-order valence-electron chi connectivity index (χ1n) is 10.1. The second-order valence-electron chi connectivity index (χ2n) is 7.91. The minimum absolute atomic E-state index is 0.0962. The summed E-state index contributed by atoms with van der Waals surface area (Å²) in [6.07, 6.45) is 6.26. The molecule has 0 atom stereocenters. The predicted molar refractivity (Wildman–Crippen MR) is 111 cm³/mol. The number of Topliss-reactive ketones (excluding diaryl/α,β-unsaturated/α-hetero) is 1. The van der Waals surface area contributed by atoms with E-state index in [-0.39, 0.29) is 11.6 Å². The molecule has 1 saturated carbocycles. The Hall–Kier alpha value is -3.48. The Kier molecular flexibility index (Phi) is 4.38. The van der Waals surface area contributed by atoms with Gasteiger partial charge in [-0.1, -0.05) is 0 Å². The molecule has 1 fully saturated rings. The maximum absolute atomic E-state index is 13.3. The van der Waals surface area contributed by atoms with E-state index in [1.54, 1.807) is 18.3 Å². The van der Waals surface area contributed by atoms with Crippen molar-refractivity contribution in [3.05, 3.63) is 65.4 Å². The fourth-order valence-electron chi connectivity index (χ4n) is 4.18. The predicted octanol–water partition coefficient (Wildman–Crippen LogP) is 4.21. The summed E-state index contributed by atoms with van der Waals surface area (Å²) in [5.41, 5.74) is 5.07. The number of nitrogens with zero attached hydrogens (tertiary/aromatic N) is 1. The van der Waals surface area contributed by atoms with Gasteiger partial charge in [-0.25, -0.2) is 4.39 Å². The summed E-state index contributed by atoms with van der Waals surface area (Å²) in [5, 5.41) is 6.21. The molecule has 0 spiro atoms. The van der Waals surface area contributed by atoms with Crippen molar-refractivity contribution in [2.24, 2.45) is 0 Å². The number of aromatic nitrogens is 2. The standard InChI is InChI=1S/C23H21FN4O2/c24-15-4-6-16(7-5-15)27-22-20-17(2-1-3-18(20)30)28-21(22)14-8-11-25-19(12-14)23(9-10-23)26-13-29/h4-8,11-13,27-28H,1-3,9-10H2,(H,26,29). The number of hydrogen-bond acceptors (Lipinski definition) is 4. The average Bonchev–Trinajstić information content (AvgIpc) is 3.45. The Morgan fingerprint density at radius 3 is 2.67 bits per heavy atom. The largest absolute Gasteiger partial charge is 0.356 e. The first-order chi connectivity index (χ1) is 14.6. The van der Waals surface area contributed by atoms with Crippen LogP contribution >= 0.6 is 0 Å². The van der Waals surface area contributed by atoms with Gasteiger partial charge in [0.15, 0.2) is 5.78 Å². The van der Waals surface area contributed by atoms with Crippen LogP contribution in [0.25, 0.3) is 11.3 Å². The van der Waals surface area contributed by atoms with Crippen LogP contribution in [-0.4, -0.2) is 22.2 Å². The van der Waals surface area contributed by atoms with Gasteiger partial charge >= 0.3 is 0 Å². The van der Waals surface area contributed by atoms with Crippen LogP contribution in [0.15, 0.2) is 42.6 Å². The lowest BCUT2D eigenvalue weighted by molar-refractivity contribution is -0.110. The second-order valence-corrected chi connectivity index (χ2v) is 7.91. The number of anilines is 2. The number of H-pyrrole nitrogens is 1. The van der Waals surface area contributed by atoms with Gasteiger partial charge in [-0.3, -0.25) is 14.6 Å². The molecule has 6 nitrogen and oxygen atoms in total. The minimum Gasteiger partial charge on any atom is -0.356 e. The zero-order chi connectivity index (χ0) is 20.7. The quantitative estimate of drug-likeness (QED) is 0.537. The van der Waals surface area contributed by atoms with E-state index in [1.165, 1.54) is 12.1 Å². The van der Waals surface area contributed by atoms with E-state index < -0.39 is 5.54 Å². The van der Waals surface area contributed by atoms with Crippen molar-refractivity contribution in [1.29, 1.82) is 0 Å². The van der Waals surface area contributed by atoms with Crippen molar-refractivity contribution in [3.63, 3.8) is 0 Å². The molecule has 2 aliphatic carbocycles. The number of ketones is 1. The molecule has 152 valence electrons. The van der Waals surface area contributed by atoms with Gasteiger partial charge in [0.25, 0.3) is 0 Å². The van der Waals surface area contributed by atoms with Crippen LogP contribution in [0.5, 0.6) is 0 Å². The maximum Gasteiger partial charge on any atom is 0.207 e. The van der Waals surface area contributed by atoms with Crippen LogP contribution in [0.4, 0.5) is 15.8 Å². The second kappa shape index (κ2) is 7.09. The van der Waals surface area contributed by atoms with Gasteiger partial charge in [-0.15, -0.1) is 0 Å². The summed E-state index contributed by atoms with van der Waals surface area (Å²) in [7, 11) is 0. The summed E-state index contributed by atoms with van der Waals surface area (Å²) < 4.78 is 13.3. The van der Waals surface area contributed by atoms with Gasteiger partial charge in [0.2, 0.25) is 6.41 Å². The molecule has 2 aliphatic rings. The third-order valence-corrected chi connectivity index (χ3v) is 5.92. The molecule has 2 heterocycles. The number of halogens is 1. The molecule has 0 bridgehead atoms. The highest BCUT2D eigenvalue weighted by atomic mass is 19.1. The number of hydrogen-bond donors (Lipinski definition) is 3. The Bertz CT molecular complexity index is 1130. The zero-order valence-corrected chi connectivity index (χ0v) is 16.3. The summed E-state index contributed by atoms with van der Waals surface area (Å²) in [5.74, 6) is -0.219. The van der Waals surface area contributed by atoms with Crippen molar-refractivity contribution in [2.75, 3.05) is 5.32 Å². The fourth-order valence-corrected chi connectivity index (χ4v) is 4.18. The number of pyridine rings is 1. The van der Waals surface area contributed by atoms with Crippen LogP contribution in [0.1, 0.15) is 47.4 Å². The van der Waals surface area contributed by atoms with Gasteiger partial charge in [0, 0.05) is 29.6 Å². The summed E-state index contributed by atoms with van der Waals surface area (Å²) in [6, 6.07) is 9.91. The number of amides is 1. The first-order valence-corrected chi connectivity index (χ1v) is 10.1. The van der Waals surface area contributed by atoms with Crippen LogP contribution in [-0.2, 0) is 16.8 Å². The number of rotatable bonds is 6. The van der Waals surface area contributed by atoms with E-state index in [9.17, 15) is 14.0 Å². The first kappa shape index (κ1) is 18.5. The lowest BCUT2D eigenvalue weighted by Crippen LogP contribution is -2.28. The summed E-state index contributed by atoms with van der Waals surface area (Å²) in [4.78, 5) is 31.7. The highest BCUT2D eigenvalue weighted by molar-refractivity contribution is 6.07. The zero-order valence-electron chi connectivity index (χ0n) is 16.3. The topological polar surface area (TPSA) is 86.9 Å². The minimum atomic E-state index is -0.398. The number of benzene rings is 1. The number of aryl methyl sites for hydroxylation is 1. The van der Waals surface area contributed by atoms with E-state index >= 15 is 0 Å². The number of carbonyl (C=O) groups excluding carboxylic acids is 2. The van der Waals surface area contributed by atoms with Gasteiger partial charge in [-0.05, 0) is 62.1 Å². The molecule has 7 heteroatoms. The molecule has 1 aromatic carbocycles. The number of nitrogens with one attached hydrogen (secondary N) is 3. The number of fused-ring (bicyclic) bond motifs is 1. The third kappa shape index (κ3) is 3.16. The molecule has 1 amide bonds. The Morgan fingerprint density at radius 2 is 1.93 bits per heavy atom. The third-order valence-electron chi connectivity index (χ3n) is 5.92. The van der Waals surface area contributed by atoms with Crippen molar-refractivity contribution in [2.45, 2.75) is 37.6 Å². The molecule has 3 aromatic rings. The average molecular weight is 404 g/mol. The molecule has 0 radical (unpaired) electrons. The Labute approximate surface area is 172 Å². The van der Waals surface area contributed by atoms with Crippen LogP contribution in [0.3, 0.4) is 0 Å². The van der Waals surface area contributed by atoms with Gasteiger partial charge in [-0.2, -0.15) is 0 Å². The van der Waals surface area contributed by atoms with Crippen molar-refractivity contribution in [1.82, 2.24) is 15.3 Å². The van der Waals surface area contributed by atoms with E-state index in [0.717, 1.165) is 54.7 Å². The number of carbonyl (C=O) groups is 2. The highest BCUT2D eigenvalue weighted by Gasteiger charge is 2.45. The summed E-state index contributed by atoms with van der Waals surface area (Å²) >= 11 is 0. The maximum atomic E-state index is 13.3. The lowest BCUT2D eigenvalue weighted by Gasteiger charge is -2.15. The number of aromatic amines is 1. The van der Waals surface area contributed by atoms with E-state index in [0.29, 0.717) is 23.4 Å². The van der Waals surface area contributed by atoms with Crippen LogP contribution < -0.4 is 10.6 Å². The summed E-state index contributed by atoms with van der Waals surface area (Å²) in [6.45, 7) is 0. The fraction of sp³-hybridized carbons (Fsp3) is 0.261. The SMILES string of the molecule is O=CNC1(c2cc(-c3[nH]c4c(c3Nc3ccc(F)cc3)C(=O)CCC4)ccn2)CC1. The van der Waals surface area contributed by atoms with Gasteiger partial charge in [0.05, 0.1) is 28.2 Å². The Balaban J connectivity index is 1.61. The normalized spacial score (nSPS) is 16.6. The van der Waals surface area contributed by atoms with Crippen LogP contribution in [0.2, 0.25) is 0 Å². The van der Waals surface area contributed by atoms with Gasteiger partial charge in [0.1, 0.15) is 5.82 Å². The van der Waals surface area contributed by atoms with Crippen molar-refractivity contribution in [3.8, 4) is 11.3 Å². The monoisotopic (exact) mass is 404 g/mol. The molecule has 30 heavy (non-hydrogen) atoms. The molecule has 0 aliphatic heterocycles. The molecule has 3 N–H and O–H groups in total. The van der Waals surface area contributed by atoms with Gasteiger partial charge < -0.3 is 15.6 Å². The van der Waals surface area contributed by atoms with E-state index in [4.69, 9.17) is 0 Å². The molecule has 5 rings (SSSR count). The van der Waals surface area contributed by atoms with E-state index in [2.05, 4.69) is 20.6 Å². The lowest BCUT2D eigenvalue weighted by atomic mass is 9.94. The van der Waals surface area contributed by atoms with Crippen LogP contribution in [0, 0.1) is 5.82 Å². The molecular formula is C23H21FN4O2. The molecule has 0 unspecified atom stereocenters. The van der Waals surface area contributed by atoms with E-state index in [1.807, 2.05) is 12.1 Å². The molecular weight excluding hydrogens is 383 g/mol. The highest BCUT2D eigenvalue weighted by Crippen LogP contribution is 2.46. The molecule has 2 aromatic heterocycles. The Morgan fingerprint density at radius 1 is 1.13 bits per heavy atom. The smallest absolute Gasteiger partial charge is 0.207 e. The van der Waals surface area contributed by atoms with Crippen molar-refractivity contribution < 1.29 is 14.0 Å². The molecule has 0 saturated heterocycles. The van der Waals surface area contributed by atoms with Crippen molar-refractivity contribution >= 4 is 23.6 Å².